The largest absolute Gasteiger partial charge is 0.481 e. The quantitative estimate of drug-likeness (QED) is 0.726. The molecular formula is C12H17NO4. The lowest BCUT2D eigenvalue weighted by Gasteiger charge is -2.26. The maximum Gasteiger partial charge on any atom is 0.307 e. The van der Waals surface area contributed by atoms with E-state index in [1.54, 1.807) is 12.0 Å². The second-order valence-electron chi connectivity index (χ2n) is 4.62. The van der Waals surface area contributed by atoms with E-state index in [9.17, 15) is 9.59 Å². The highest BCUT2D eigenvalue weighted by atomic mass is 16.5. The molecule has 1 saturated carbocycles. The van der Waals surface area contributed by atoms with Crippen molar-refractivity contribution in [2.75, 3.05) is 26.8 Å². The summed E-state index contributed by atoms with van der Waals surface area (Å²) in [5.41, 5.74) is 1.21. The molecule has 1 aliphatic heterocycles. The van der Waals surface area contributed by atoms with Gasteiger partial charge in [-0.25, -0.2) is 0 Å². The van der Waals surface area contributed by atoms with E-state index in [1.807, 2.05) is 6.08 Å². The van der Waals surface area contributed by atoms with Crippen LogP contribution in [-0.2, 0) is 14.3 Å². The van der Waals surface area contributed by atoms with E-state index < -0.39 is 11.9 Å². The molecule has 5 nitrogen and oxygen atoms in total. The van der Waals surface area contributed by atoms with E-state index in [1.165, 1.54) is 5.57 Å². The molecule has 1 heterocycles. The highest BCUT2D eigenvalue weighted by molar-refractivity contribution is 5.89. The molecule has 0 radical (unpaired) electrons. The van der Waals surface area contributed by atoms with Gasteiger partial charge in [-0.2, -0.15) is 0 Å². The average molecular weight is 239 g/mol. The summed E-state index contributed by atoms with van der Waals surface area (Å²) in [6, 6.07) is 0. The Balaban J connectivity index is 1.85. The Kier molecular flexibility index (Phi) is 3.47. The van der Waals surface area contributed by atoms with Gasteiger partial charge in [0.25, 0.3) is 0 Å². The van der Waals surface area contributed by atoms with Crippen molar-refractivity contribution < 1.29 is 19.4 Å². The van der Waals surface area contributed by atoms with E-state index in [0.29, 0.717) is 26.1 Å². The first kappa shape index (κ1) is 12.1. The standard InChI is InChI=1S/C12H17NO4/c1-17-7-8-2-4-13(5-3-8)11(14)9-6-10(9)12(15)16/h2,9-10H,3-7H2,1H3,(H,15,16). The molecule has 1 N–H and O–H groups in total. The van der Waals surface area contributed by atoms with Crippen molar-refractivity contribution in [3.63, 3.8) is 0 Å². The number of carboxylic acids is 1. The number of carbonyl (C=O) groups is 2. The Morgan fingerprint density at radius 2 is 2.29 bits per heavy atom. The van der Waals surface area contributed by atoms with Crippen LogP contribution in [0.2, 0.25) is 0 Å². The first-order chi connectivity index (χ1) is 8.13. The molecule has 0 saturated heterocycles. The topological polar surface area (TPSA) is 66.8 Å². The van der Waals surface area contributed by atoms with Crippen LogP contribution in [0.25, 0.3) is 0 Å². The van der Waals surface area contributed by atoms with Crippen LogP contribution in [0.15, 0.2) is 11.6 Å². The van der Waals surface area contributed by atoms with Crippen molar-refractivity contribution in [2.45, 2.75) is 12.8 Å². The molecule has 0 aromatic rings. The number of rotatable bonds is 4. The molecule has 5 heteroatoms. The zero-order chi connectivity index (χ0) is 12.4. The highest BCUT2D eigenvalue weighted by Crippen LogP contribution is 2.40. The fourth-order valence-corrected chi connectivity index (χ4v) is 2.20. The molecule has 2 unspecified atom stereocenters. The van der Waals surface area contributed by atoms with Crippen LogP contribution in [0.4, 0.5) is 0 Å². The summed E-state index contributed by atoms with van der Waals surface area (Å²) in [5, 5.41) is 8.78. The number of carbonyl (C=O) groups excluding carboxylic acids is 1. The summed E-state index contributed by atoms with van der Waals surface area (Å²) < 4.78 is 5.04. The van der Waals surface area contributed by atoms with Crippen molar-refractivity contribution in [1.29, 1.82) is 0 Å². The van der Waals surface area contributed by atoms with Crippen molar-refractivity contribution in [2.24, 2.45) is 11.8 Å². The van der Waals surface area contributed by atoms with Crippen LogP contribution >= 0.6 is 0 Å². The Hall–Kier alpha value is -1.36. The molecule has 1 fully saturated rings. The van der Waals surface area contributed by atoms with Gasteiger partial charge < -0.3 is 14.7 Å². The SMILES string of the molecule is COCC1=CCN(C(=O)C2CC2C(=O)O)CC1. The summed E-state index contributed by atoms with van der Waals surface area (Å²) in [6.45, 7) is 1.88. The van der Waals surface area contributed by atoms with Crippen LogP contribution < -0.4 is 0 Å². The predicted molar refractivity (Wildman–Crippen MR) is 60.4 cm³/mol. The van der Waals surface area contributed by atoms with Gasteiger partial charge >= 0.3 is 5.97 Å². The van der Waals surface area contributed by atoms with Gasteiger partial charge in [-0.1, -0.05) is 6.08 Å². The number of carboxylic acid groups (broad SMARTS) is 1. The summed E-state index contributed by atoms with van der Waals surface area (Å²) in [7, 11) is 1.65. The van der Waals surface area contributed by atoms with Crippen LogP contribution in [0, 0.1) is 11.8 Å². The number of ether oxygens (including phenoxy) is 1. The number of methoxy groups -OCH3 is 1. The second kappa shape index (κ2) is 4.87. The van der Waals surface area contributed by atoms with Crippen LogP contribution in [-0.4, -0.2) is 48.7 Å². The maximum absolute atomic E-state index is 11.9. The summed E-state index contributed by atoms with van der Waals surface area (Å²) in [6.07, 6.45) is 3.33. The van der Waals surface area contributed by atoms with Crippen molar-refractivity contribution >= 4 is 11.9 Å². The van der Waals surface area contributed by atoms with Gasteiger partial charge in [0, 0.05) is 20.2 Å². The van der Waals surface area contributed by atoms with Crippen molar-refractivity contribution in [1.82, 2.24) is 4.90 Å². The lowest BCUT2D eigenvalue weighted by Crippen LogP contribution is -2.37. The van der Waals surface area contributed by atoms with Gasteiger partial charge in [0.1, 0.15) is 0 Å². The van der Waals surface area contributed by atoms with Crippen LogP contribution in [0.1, 0.15) is 12.8 Å². The minimum atomic E-state index is -0.851. The molecule has 0 aromatic carbocycles. The molecule has 17 heavy (non-hydrogen) atoms. The van der Waals surface area contributed by atoms with Gasteiger partial charge in [0.2, 0.25) is 5.91 Å². The number of hydrogen-bond donors (Lipinski definition) is 1. The number of hydrogen-bond acceptors (Lipinski definition) is 3. The van der Waals surface area contributed by atoms with Crippen molar-refractivity contribution in [3.05, 3.63) is 11.6 Å². The lowest BCUT2D eigenvalue weighted by atomic mass is 10.1. The first-order valence-electron chi connectivity index (χ1n) is 5.82. The van der Waals surface area contributed by atoms with Gasteiger partial charge in [0.05, 0.1) is 18.4 Å². The second-order valence-corrected chi connectivity index (χ2v) is 4.62. The summed E-state index contributed by atoms with van der Waals surface area (Å²) in [4.78, 5) is 24.4. The summed E-state index contributed by atoms with van der Waals surface area (Å²) in [5.74, 6) is -1.60. The third-order valence-electron chi connectivity index (χ3n) is 3.37. The highest BCUT2D eigenvalue weighted by Gasteiger charge is 2.49. The summed E-state index contributed by atoms with van der Waals surface area (Å²) >= 11 is 0. The number of aliphatic carboxylic acids is 1. The monoisotopic (exact) mass is 239 g/mol. The first-order valence-corrected chi connectivity index (χ1v) is 5.82. The molecule has 1 aliphatic carbocycles. The Bertz CT molecular complexity index is 364. The van der Waals surface area contributed by atoms with Gasteiger partial charge in [0.15, 0.2) is 0 Å². The van der Waals surface area contributed by atoms with Gasteiger partial charge in [-0.3, -0.25) is 9.59 Å². The van der Waals surface area contributed by atoms with Crippen LogP contribution in [0.5, 0.6) is 0 Å². The molecule has 0 bridgehead atoms. The molecule has 0 aromatic heterocycles. The predicted octanol–water partition coefficient (Wildman–Crippen LogP) is 0.512. The van der Waals surface area contributed by atoms with Gasteiger partial charge in [-0.15, -0.1) is 0 Å². The Morgan fingerprint density at radius 1 is 1.53 bits per heavy atom. The third-order valence-corrected chi connectivity index (χ3v) is 3.37. The lowest BCUT2D eigenvalue weighted by molar-refractivity contribution is -0.141. The normalized spacial score (nSPS) is 27.6. The minimum Gasteiger partial charge on any atom is -0.481 e. The molecule has 2 aliphatic rings. The number of nitrogens with zero attached hydrogens (tertiary/aromatic N) is 1. The Morgan fingerprint density at radius 3 is 2.76 bits per heavy atom. The molecule has 2 rings (SSSR count). The third kappa shape index (κ3) is 2.66. The maximum atomic E-state index is 11.9. The smallest absolute Gasteiger partial charge is 0.307 e. The average Bonchev–Trinajstić information content (AvgIpc) is 3.09. The fourth-order valence-electron chi connectivity index (χ4n) is 2.20. The zero-order valence-corrected chi connectivity index (χ0v) is 9.89. The van der Waals surface area contributed by atoms with Crippen molar-refractivity contribution in [3.8, 4) is 0 Å². The van der Waals surface area contributed by atoms with Crippen LogP contribution in [0.3, 0.4) is 0 Å². The molecule has 1 amide bonds. The van der Waals surface area contributed by atoms with E-state index in [-0.39, 0.29) is 11.8 Å². The molecule has 94 valence electrons. The zero-order valence-electron chi connectivity index (χ0n) is 9.89. The Labute approximate surface area is 100 Å². The molecule has 0 spiro atoms. The van der Waals surface area contributed by atoms with Gasteiger partial charge in [-0.05, 0) is 18.4 Å². The van der Waals surface area contributed by atoms with E-state index >= 15 is 0 Å². The molecular weight excluding hydrogens is 222 g/mol. The van der Waals surface area contributed by atoms with E-state index in [2.05, 4.69) is 0 Å². The molecule has 2 atom stereocenters. The fraction of sp³-hybridized carbons (Fsp3) is 0.667. The van der Waals surface area contributed by atoms with E-state index in [4.69, 9.17) is 9.84 Å². The number of amides is 1. The minimum absolute atomic E-state index is 0.00915. The van der Waals surface area contributed by atoms with E-state index in [0.717, 1.165) is 6.42 Å².